The zero-order valence-corrected chi connectivity index (χ0v) is 16.8. The fourth-order valence-electron chi connectivity index (χ4n) is 4.41. The average molecular weight is 418 g/mol. The molecule has 160 valence electrons. The van der Waals surface area contributed by atoms with Gasteiger partial charge in [-0.25, -0.2) is 18.9 Å². The second-order valence-electron chi connectivity index (χ2n) is 7.97. The van der Waals surface area contributed by atoms with Crippen LogP contribution in [0.15, 0.2) is 23.3 Å². The lowest BCUT2D eigenvalue weighted by molar-refractivity contribution is -0.0535. The van der Waals surface area contributed by atoms with E-state index in [1.54, 1.807) is 12.2 Å². The lowest BCUT2D eigenvalue weighted by atomic mass is 9.93. The Balaban J connectivity index is 1.28. The molecule has 0 aliphatic carbocycles. The minimum absolute atomic E-state index is 0.0836. The van der Waals surface area contributed by atoms with Crippen molar-refractivity contribution in [3.05, 3.63) is 52.6 Å². The van der Waals surface area contributed by atoms with E-state index in [0.717, 1.165) is 35.9 Å². The van der Waals surface area contributed by atoms with Crippen LogP contribution in [0.4, 0.5) is 8.78 Å². The Kier molecular flexibility index (Phi) is 4.69. The Morgan fingerprint density at radius 2 is 2.07 bits per heavy atom. The fraction of sp³-hybridized carbons (Fsp3) is 0.474. The number of nitrogens with one attached hydrogen (secondary N) is 2. The van der Waals surface area contributed by atoms with Crippen molar-refractivity contribution >= 4 is 5.84 Å². The van der Waals surface area contributed by atoms with E-state index in [2.05, 4.69) is 21.0 Å². The maximum atomic E-state index is 14.2. The zero-order valence-electron chi connectivity index (χ0n) is 16.8. The summed E-state index contributed by atoms with van der Waals surface area (Å²) >= 11 is 0. The first-order chi connectivity index (χ1) is 14.4. The number of hydrazone groups is 1. The van der Waals surface area contributed by atoms with Crippen LogP contribution < -0.4 is 16.7 Å². The van der Waals surface area contributed by atoms with Crippen molar-refractivity contribution in [2.24, 2.45) is 17.9 Å². The molecule has 4 heterocycles. The molecule has 0 radical (unpaired) electrons. The number of amidine groups is 1. The third kappa shape index (κ3) is 3.23. The van der Waals surface area contributed by atoms with Crippen LogP contribution in [0.5, 0.6) is 0 Å². The van der Waals surface area contributed by atoms with Crippen molar-refractivity contribution < 1.29 is 13.5 Å². The monoisotopic (exact) mass is 418 g/mol. The fourth-order valence-corrected chi connectivity index (χ4v) is 4.41. The van der Waals surface area contributed by atoms with Gasteiger partial charge in [0, 0.05) is 44.8 Å². The lowest BCUT2D eigenvalue weighted by Crippen LogP contribution is -2.48. The van der Waals surface area contributed by atoms with Crippen LogP contribution in [0, 0.1) is 11.6 Å². The summed E-state index contributed by atoms with van der Waals surface area (Å²) in [7, 11) is 3.77. The van der Waals surface area contributed by atoms with Crippen LogP contribution >= 0.6 is 0 Å². The van der Waals surface area contributed by atoms with Gasteiger partial charge in [-0.2, -0.15) is 0 Å². The van der Waals surface area contributed by atoms with Gasteiger partial charge in [-0.3, -0.25) is 10.3 Å². The molecule has 1 aromatic carbocycles. The number of rotatable bonds is 3. The van der Waals surface area contributed by atoms with E-state index in [-0.39, 0.29) is 11.6 Å². The molecule has 0 amide bonds. The highest BCUT2D eigenvalue weighted by atomic mass is 19.1. The normalized spacial score (nSPS) is 26.6. The van der Waals surface area contributed by atoms with Crippen molar-refractivity contribution in [2.75, 3.05) is 13.7 Å². The summed E-state index contributed by atoms with van der Waals surface area (Å²) in [5.74, 6) is 0.451. The molecule has 9 nitrogen and oxygen atoms in total. The van der Waals surface area contributed by atoms with E-state index in [4.69, 9.17) is 15.5 Å². The Labute approximate surface area is 172 Å². The number of ether oxygens (including phenoxy) is 1. The van der Waals surface area contributed by atoms with Crippen LogP contribution in [0.25, 0.3) is 0 Å². The van der Waals surface area contributed by atoms with Crippen molar-refractivity contribution in [3.63, 3.8) is 0 Å². The van der Waals surface area contributed by atoms with Crippen LogP contribution in [0.1, 0.15) is 35.3 Å². The van der Waals surface area contributed by atoms with E-state index in [1.165, 1.54) is 6.07 Å². The summed E-state index contributed by atoms with van der Waals surface area (Å²) in [4.78, 5) is 7.02. The molecule has 5 rings (SSSR count). The number of hydrogen-bond acceptors (Lipinski definition) is 8. The third-order valence-corrected chi connectivity index (χ3v) is 5.98. The van der Waals surface area contributed by atoms with Gasteiger partial charge in [0.1, 0.15) is 17.7 Å². The van der Waals surface area contributed by atoms with Crippen molar-refractivity contribution in [2.45, 2.75) is 37.7 Å². The highest BCUT2D eigenvalue weighted by molar-refractivity contribution is 5.96. The van der Waals surface area contributed by atoms with Gasteiger partial charge in [0.15, 0.2) is 5.82 Å². The standard InChI is InChI=1S/C19H24F2N8O/c1-27-16-8-29(7-15(16)23-19(27)18-24-26-28(2)25-18)11-6-14(22)17(30-9-11)12-5-10(20)3-4-13(12)21/h3-5,11,14,17,26H,6-9,22H2,1-2H3,(H,24,25)/t11-,14+,17-/m1/s1. The number of hydrazine groups is 2. The van der Waals surface area contributed by atoms with Gasteiger partial charge in [-0.1, -0.05) is 0 Å². The molecule has 0 saturated carbocycles. The van der Waals surface area contributed by atoms with Gasteiger partial charge < -0.3 is 15.0 Å². The SMILES string of the molecule is CN1N=C(c2nc3c(n2C)CN([C@H]2CO[C@H](c4cc(F)ccc4F)[C@@H](N)C2)C3)NN1. The highest BCUT2D eigenvalue weighted by Crippen LogP contribution is 2.34. The molecule has 0 bridgehead atoms. The third-order valence-electron chi connectivity index (χ3n) is 5.98. The minimum Gasteiger partial charge on any atom is -0.370 e. The van der Waals surface area contributed by atoms with Crippen LogP contribution in [-0.2, 0) is 24.9 Å². The summed E-state index contributed by atoms with van der Waals surface area (Å²) in [6.07, 6.45) is -0.0210. The summed E-state index contributed by atoms with van der Waals surface area (Å²) in [6.45, 7) is 1.80. The quantitative estimate of drug-likeness (QED) is 0.668. The largest absolute Gasteiger partial charge is 0.370 e. The van der Waals surface area contributed by atoms with E-state index in [9.17, 15) is 8.78 Å². The molecule has 1 saturated heterocycles. The Bertz CT molecular complexity index is 1010. The summed E-state index contributed by atoms with van der Waals surface area (Å²) in [5.41, 5.74) is 14.5. The van der Waals surface area contributed by atoms with Gasteiger partial charge in [-0.15, -0.1) is 10.6 Å². The number of imidazole rings is 1. The number of halogens is 2. The summed E-state index contributed by atoms with van der Waals surface area (Å²) in [5, 5.41) is 5.92. The predicted molar refractivity (Wildman–Crippen MR) is 104 cm³/mol. The van der Waals surface area contributed by atoms with Crippen molar-refractivity contribution in [1.82, 2.24) is 30.5 Å². The first kappa shape index (κ1) is 19.4. The topological polar surface area (TPSA) is 96.0 Å². The van der Waals surface area contributed by atoms with Crippen LogP contribution in [-0.4, -0.2) is 51.1 Å². The molecule has 3 atom stereocenters. The van der Waals surface area contributed by atoms with E-state index in [0.29, 0.717) is 25.4 Å². The maximum absolute atomic E-state index is 14.2. The van der Waals surface area contributed by atoms with E-state index >= 15 is 0 Å². The minimum atomic E-state index is -0.650. The maximum Gasteiger partial charge on any atom is 0.206 e. The summed E-state index contributed by atoms with van der Waals surface area (Å²) in [6, 6.07) is 3.04. The Morgan fingerprint density at radius 3 is 2.77 bits per heavy atom. The molecule has 3 aliphatic rings. The van der Waals surface area contributed by atoms with Crippen molar-refractivity contribution in [1.29, 1.82) is 0 Å². The molecule has 11 heteroatoms. The second-order valence-corrected chi connectivity index (χ2v) is 7.97. The van der Waals surface area contributed by atoms with E-state index in [1.807, 2.05) is 11.6 Å². The second kappa shape index (κ2) is 7.27. The molecular formula is C19H24F2N8O. The first-order valence-electron chi connectivity index (χ1n) is 9.85. The molecule has 2 aromatic rings. The molecule has 1 fully saturated rings. The Morgan fingerprint density at radius 1 is 1.23 bits per heavy atom. The highest BCUT2D eigenvalue weighted by Gasteiger charge is 2.38. The number of nitrogens with two attached hydrogens (primary N) is 1. The van der Waals surface area contributed by atoms with E-state index < -0.39 is 23.8 Å². The summed E-state index contributed by atoms with van der Waals surface area (Å²) < 4.78 is 35.7. The predicted octanol–water partition coefficient (Wildman–Crippen LogP) is 0.488. The first-order valence-corrected chi connectivity index (χ1v) is 9.85. The van der Waals surface area contributed by atoms with Gasteiger partial charge in [0.25, 0.3) is 0 Å². The van der Waals surface area contributed by atoms with Gasteiger partial charge in [-0.05, 0) is 24.6 Å². The number of benzene rings is 1. The van der Waals surface area contributed by atoms with Gasteiger partial charge >= 0.3 is 0 Å². The lowest BCUT2D eigenvalue weighted by Gasteiger charge is -2.38. The Hall–Kier alpha value is -2.60. The van der Waals surface area contributed by atoms with Crippen LogP contribution in [0.2, 0.25) is 0 Å². The van der Waals surface area contributed by atoms with Crippen LogP contribution in [0.3, 0.4) is 0 Å². The molecule has 1 aromatic heterocycles. The molecule has 3 aliphatic heterocycles. The van der Waals surface area contributed by atoms with Gasteiger partial charge in [0.2, 0.25) is 5.84 Å². The number of hydrogen-bond donors (Lipinski definition) is 3. The molecule has 0 spiro atoms. The smallest absolute Gasteiger partial charge is 0.206 e. The van der Waals surface area contributed by atoms with Crippen molar-refractivity contribution in [3.8, 4) is 0 Å². The van der Waals surface area contributed by atoms with Gasteiger partial charge in [0.05, 0.1) is 18.0 Å². The average Bonchev–Trinajstić information content (AvgIpc) is 3.40. The zero-order chi connectivity index (χ0) is 21.0. The number of nitrogens with zero attached hydrogens (tertiary/aromatic N) is 5. The molecule has 4 N–H and O–H groups in total. The number of aromatic nitrogens is 2. The number of fused-ring (bicyclic) bond motifs is 1. The molecule has 30 heavy (non-hydrogen) atoms. The molecule has 0 unspecified atom stereocenters. The molecular weight excluding hydrogens is 394 g/mol.